The van der Waals surface area contributed by atoms with Gasteiger partial charge < -0.3 is 14.8 Å². The molecule has 1 aliphatic heterocycles. The molecule has 2 aromatic heterocycles. The SMILES string of the molecule is COC(=O)C12CC(C(=O)c3nc(C)c(C)nc3NC(=O)[C@H]3CCO[C@@H](c4cnn(C5CC5)c4)C3)(C1)C2. The van der Waals surface area contributed by atoms with E-state index in [1.807, 2.05) is 24.0 Å². The highest BCUT2D eigenvalue weighted by Crippen LogP contribution is 2.74. The minimum absolute atomic E-state index is 0.156. The van der Waals surface area contributed by atoms with Crippen molar-refractivity contribution < 1.29 is 23.9 Å². The molecule has 2 aromatic rings. The maximum Gasteiger partial charge on any atom is 0.311 e. The van der Waals surface area contributed by atoms with E-state index in [1.54, 1.807) is 6.92 Å². The first-order chi connectivity index (χ1) is 17.2. The normalized spacial score (nSPS) is 30.6. The van der Waals surface area contributed by atoms with Crippen LogP contribution in [-0.2, 0) is 19.1 Å². The van der Waals surface area contributed by atoms with Gasteiger partial charge in [-0.2, -0.15) is 5.10 Å². The number of carbonyl (C=O) groups excluding carboxylic acids is 3. The number of hydrogen-bond donors (Lipinski definition) is 1. The summed E-state index contributed by atoms with van der Waals surface area (Å²) in [6.45, 7) is 4.08. The average molecular weight is 494 g/mol. The Bertz CT molecular complexity index is 1250. The number of ether oxygens (including phenoxy) is 2. The average Bonchev–Trinajstić information content (AvgIpc) is 3.55. The number of Topliss-reactive ketones (excluding diaryl/α,β-unsaturated/α-hetero) is 1. The third-order valence-corrected chi connectivity index (χ3v) is 8.46. The van der Waals surface area contributed by atoms with E-state index >= 15 is 0 Å². The van der Waals surface area contributed by atoms with Crippen LogP contribution in [0.25, 0.3) is 0 Å². The lowest BCUT2D eigenvalue weighted by atomic mass is 9.34. The Hall–Kier alpha value is -3.14. The topological polar surface area (TPSA) is 125 Å². The zero-order chi connectivity index (χ0) is 25.2. The highest BCUT2D eigenvalue weighted by Gasteiger charge is 2.75. The van der Waals surface area contributed by atoms with Gasteiger partial charge in [0.25, 0.3) is 0 Å². The van der Waals surface area contributed by atoms with Crippen LogP contribution in [0.1, 0.15) is 84.5 Å². The van der Waals surface area contributed by atoms with Crippen LogP contribution < -0.4 is 5.32 Å². The minimum Gasteiger partial charge on any atom is -0.469 e. The largest absolute Gasteiger partial charge is 0.469 e. The third-order valence-electron chi connectivity index (χ3n) is 8.46. The molecule has 2 atom stereocenters. The number of nitrogens with zero attached hydrogens (tertiary/aromatic N) is 4. The van der Waals surface area contributed by atoms with Crippen molar-refractivity contribution >= 4 is 23.5 Å². The van der Waals surface area contributed by atoms with Crippen LogP contribution >= 0.6 is 0 Å². The van der Waals surface area contributed by atoms with E-state index in [-0.39, 0.29) is 41.2 Å². The van der Waals surface area contributed by atoms with Gasteiger partial charge in [-0.15, -0.1) is 0 Å². The standard InChI is InChI=1S/C26H31N5O5/c1-14-15(2)29-22(20(28-14)21(32)25-11-26(12-25,13-25)24(34)35-3)30-23(33)16-6-7-36-19(8-16)17-9-27-31(10-17)18-4-5-18/h9-10,16,18-19H,4-8,11-13H2,1-3H3,(H,29,30,33)/t16-,19+,25?,26?/m0/s1. The fraction of sp³-hybridized carbons (Fsp3) is 0.615. The smallest absolute Gasteiger partial charge is 0.311 e. The van der Waals surface area contributed by atoms with Crippen LogP contribution in [-0.4, -0.2) is 51.1 Å². The van der Waals surface area contributed by atoms with Gasteiger partial charge in [-0.05, 0) is 58.8 Å². The van der Waals surface area contributed by atoms with Crippen LogP contribution in [0.2, 0.25) is 0 Å². The van der Waals surface area contributed by atoms with Crippen molar-refractivity contribution in [2.24, 2.45) is 16.7 Å². The maximum absolute atomic E-state index is 13.5. The van der Waals surface area contributed by atoms with Crippen LogP contribution in [0.15, 0.2) is 12.4 Å². The lowest BCUT2D eigenvalue weighted by Crippen LogP contribution is -2.68. The second kappa shape index (κ2) is 8.19. The second-order valence-corrected chi connectivity index (χ2v) is 11.1. The summed E-state index contributed by atoms with van der Waals surface area (Å²) < 4.78 is 12.9. The molecule has 0 radical (unpaired) electrons. The van der Waals surface area contributed by atoms with Gasteiger partial charge in [-0.1, -0.05) is 0 Å². The van der Waals surface area contributed by atoms with E-state index < -0.39 is 10.8 Å². The highest BCUT2D eigenvalue weighted by molar-refractivity contribution is 6.08. The Balaban J connectivity index is 1.17. The first-order valence-electron chi connectivity index (χ1n) is 12.7. The summed E-state index contributed by atoms with van der Waals surface area (Å²) in [6.07, 6.45) is 8.49. The predicted octanol–water partition coefficient (Wildman–Crippen LogP) is 3.26. The zero-order valence-electron chi connectivity index (χ0n) is 20.9. The number of methoxy groups -OCH3 is 1. The number of nitrogens with one attached hydrogen (secondary N) is 1. The summed E-state index contributed by atoms with van der Waals surface area (Å²) in [5.41, 5.74) is 1.32. The van der Waals surface area contributed by atoms with Crippen LogP contribution in [0.5, 0.6) is 0 Å². The van der Waals surface area contributed by atoms with Gasteiger partial charge in [0, 0.05) is 29.7 Å². The molecule has 2 bridgehead atoms. The Morgan fingerprint density at radius 2 is 1.81 bits per heavy atom. The molecule has 1 saturated heterocycles. The molecule has 0 unspecified atom stereocenters. The van der Waals surface area contributed by atoms with Crippen molar-refractivity contribution in [2.75, 3.05) is 19.0 Å². The molecule has 4 aliphatic carbocycles. The van der Waals surface area contributed by atoms with E-state index in [9.17, 15) is 14.4 Å². The molecule has 0 aromatic carbocycles. The molecule has 5 fully saturated rings. The molecule has 36 heavy (non-hydrogen) atoms. The molecule has 4 saturated carbocycles. The number of ketones is 1. The molecule has 3 heterocycles. The molecule has 1 amide bonds. The van der Waals surface area contributed by atoms with Gasteiger partial charge in [0.1, 0.15) is 5.69 Å². The van der Waals surface area contributed by atoms with E-state index in [0.29, 0.717) is 56.1 Å². The van der Waals surface area contributed by atoms with E-state index in [0.717, 1.165) is 18.4 Å². The molecule has 10 heteroatoms. The summed E-state index contributed by atoms with van der Waals surface area (Å²) in [6, 6.07) is 0.490. The van der Waals surface area contributed by atoms with E-state index in [1.165, 1.54) is 7.11 Å². The van der Waals surface area contributed by atoms with Crippen LogP contribution in [0, 0.1) is 30.6 Å². The summed E-state index contributed by atoms with van der Waals surface area (Å²) in [7, 11) is 1.37. The molecular formula is C26H31N5O5. The van der Waals surface area contributed by atoms with Crippen molar-refractivity contribution in [3.05, 3.63) is 35.0 Å². The molecule has 1 N–H and O–H groups in total. The third kappa shape index (κ3) is 3.65. The van der Waals surface area contributed by atoms with Crippen LogP contribution in [0.3, 0.4) is 0 Å². The van der Waals surface area contributed by atoms with Gasteiger partial charge in [0.2, 0.25) is 5.91 Å². The summed E-state index contributed by atoms with van der Waals surface area (Å²) in [4.78, 5) is 48.0. The number of anilines is 1. The fourth-order valence-electron chi connectivity index (χ4n) is 6.11. The van der Waals surface area contributed by atoms with Crippen molar-refractivity contribution in [3.8, 4) is 0 Å². The molecule has 10 nitrogen and oxygen atoms in total. The Labute approximate surface area is 209 Å². The number of carbonyl (C=O) groups is 3. The van der Waals surface area contributed by atoms with Gasteiger partial charge >= 0.3 is 5.97 Å². The van der Waals surface area contributed by atoms with Crippen molar-refractivity contribution in [3.63, 3.8) is 0 Å². The Morgan fingerprint density at radius 1 is 1.08 bits per heavy atom. The van der Waals surface area contributed by atoms with Crippen molar-refractivity contribution in [1.29, 1.82) is 0 Å². The van der Waals surface area contributed by atoms with Crippen LogP contribution in [0.4, 0.5) is 5.82 Å². The summed E-state index contributed by atoms with van der Waals surface area (Å²) >= 11 is 0. The van der Waals surface area contributed by atoms with Crippen molar-refractivity contribution in [1.82, 2.24) is 19.7 Å². The predicted molar refractivity (Wildman–Crippen MR) is 127 cm³/mol. The fourth-order valence-corrected chi connectivity index (χ4v) is 6.11. The molecule has 0 spiro atoms. The highest BCUT2D eigenvalue weighted by atomic mass is 16.5. The first kappa shape index (κ1) is 23.3. The van der Waals surface area contributed by atoms with Gasteiger partial charge in [-0.3, -0.25) is 19.1 Å². The number of aryl methyl sites for hydroxylation is 2. The van der Waals surface area contributed by atoms with E-state index in [4.69, 9.17) is 9.47 Å². The quantitative estimate of drug-likeness (QED) is 0.460. The summed E-state index contributed by atoms with van der Waals surface area (Å²) in [5.74, 6) is -0.676. The lowest BCUT2D eigenvalue weighted by Gasteiger charge is -2.67. The van der Waals surface area contributed by atoms with Gasteiger partial charge in [-0.25, -0.2) is 9.97 Å². The van der Waals surface area contributed by atoms with E-state index in [2.05, 4.69) is 20.4 Å². The van der Waals surface area contributed by atoms with Gasteiger partial charge in [0.15, 0.2) is 11.6 Å². The first-order valence-corrected chi connectivity index (χ1v) is 12.7. The number of hydrogen-bond acceptors (Lipinski definition) is 8. The number of rotatable bonds is 7. The number of amides is 1. The lowest BCUT2D eigenvalue weighted by molar-refractivity contribution is -0.207. The summed E-state index contributed by atoms with van der Waals surface area (Å²) in [5, 5.41) is 7.37. The number of aromatic nitrogens is 4. The second-order valence-electron chi connectivity index (χ2n) is 11.1. The monoisotopic (exact) mass is 493 g/mol. The zero-order valence-corrected chi connectivity index (χ0v) is 20.9. The minimum atomic E-state index is -0.616. The Morgan fingerprint density at radius 3 is 2.50 bits per heavy atom. The van der Waals surface area contributed by atoms with Crippen molar-refractivity contribution in [2.45, 2.75) is 70.9 Å². The molecule has 190 valence electrons. The van der Waals surface area contributed by atoms with Gasteiger partial charge in [0.05, 0.1) is 42.3 Å². The Kier molecular flexibility index (Phi) is 5.30. The molecular weight excluding hydrogens is 462 g/mol. The maximum atomic E-state index is 13.5. The molecule has 7 rings (SSSR count). The molecule has 5 aliphatic rings. The number of esters is 1.